The molecule has 2 aromatic rings. The Hall–Kier alpha value is -1.59. The second-order valence-corrected chi connectivity index (χ2v) is 5.00. The van der Waals surface area contributed by atoms with Gasteiger partial charge in [0.1, 0.15) is 0 Å². The number of anilines is 1. The third kappa shape index (κ3) is 2.72. The molecule has 1 saturated heterocycles. The predicted octanol–water partition coefficient (Wildman–Crippen LogP) is 2.69. The number of halogens is 1. The summed E-state index contributed by atoms with van der Waals surface area (Å²) in [5.74, 6) is 1.12. The molecule has 100 valence electrons. The minimum absolute atomic E-state index is 0.209. The lowest BCUT2D eigenvalue weighted by Gasteiger charge is -2.03. The van der Waals surface area contributed by atoms with Crippen molar-refractivity contribution in [3.63, 3.8) is 0 Å². The molecule has 1 aliphatic heterocycles. The van der Waals surface area contributed by atoms with Crippen LogP contribution in [0, 0.1) is 0 Å². The number of hydrogen-bond acceptors (Lipinski definition) is 5. The van der Waals surface area contributed by atoms with Crippen molar-refractivity contribution in [2.75, 3.05) is 12.3 Å². The van der Waals surface area contributed by atoms with E-state index in [1.807, 2.05) is 6.07 Å². The van der Waals surface area contributed by atoms with Crippen LogP contribution in [0.4, 0.5) is 5.69 Å². The summed E-state index contributed by atoms with van der Waals surface area (Å²) in [4.78, 5) is 4.36. The monoisotopic (exact) mass is 279 g/mol. The van der Waals surface area contributed by atoms with Crippen molar-refractivity contribution in [2.45, 2.75) is 25.4 Å². The third-order valence-electron chi connectivity index (χ3n) is 3.15. The van der Waals surface area contributed by atoms with Crippen LogP contribution in [0.15, 0.2) is 22.7 Å². The Balaban J connectivity index is 1.78. The van der Waals surface area contributed by atoms with Crippen molar-refractivity contribution in [1.82, 2.24) is 10.1 Å². The van der Waals surface area contributed by atoms with Gasteiger partial charge in [-0.1, -0.05) is 16.8 Å². The molecule has 1 unspecified atom stereocenters. The molecular formula is C13H14ClN3O2. The van der Waals surface area contributed by atoms with E-state index in [4.69, 9.17) is 26.6 Å². The topological polar surface area (TPSA) is 74.2 Å². The summed E-state index contributed by atoms with van der Waals surface area (Å²) in [6.07, 6.45) is 3.05. The number of ether oxygens (including phenoxy) is 1. The molecule has 6 heteroatoms. The zero-order valence-corrected chi connectivity index (χ0v) is 11.1. The van der Waals surface area contributed by atoms with E-state index in [1.54, 1.807) is 12.1 Å². The Morgan fingerprint density at radius 1 is 1.42 bits per heavy atom. The molecule has 1 fully saturated rings. The summed E-state index contributed by atoms with van der Waals surface area (Å²) in [5.41, 5.74) is 6.97. The van der Waals surface area contributed by atoms with Crippen molar-refractivity contribution in [3.8, 4) is 11.5 Å². The molecule has 3 rings (SSSR count). The van der Waals surface area contributed by atoms with E-state index in [0.29, 0.717) is 28.8 Å². The first-order chi connectivity index (χ1) is 9.22. The van der Waals surface area contributed by atoms with E-state index < -0.39 is 0 Å². The molecule has 1 aromatic heterocycles. The van der Waals surface area contributed by atoms with Crippen LogP contribution in [0.3, 0.4) is 0 Å². The van der Waals surface area contributed by atoms with Gasteiger partial charge in [0.05, 0.1) is 16.8 Å². The molecule has 1 aromatic carbocycles. The summed E-state index contributed by atoms with van der Waals surface area (Å²) in [7, 11) is 0. The second kappa shape index (κ2) is 5.19. The SMILES string of the molecule is Nc1ccc(-c2nc(CC3CCCO3)no2)cc1Cl. The van der Waals surface area contributed by atoms with E-state index in [1.165, 1.54) is 0 Å². The van der Waals surface area contributed by atoms with E-state index in [2.05, 4.69) is 10.1 Å². The Morgan fingerprint density at radius 2 is 2.32 bits per heavy atom. The van der Waals surface area contributed by atoms with Crippen LogP contribution in [0.5, 0.6) is 0 Å². The van der Waals surface area contributed by atoms with Gasteiger partial charge in [-0.15, -0.1) is 0 Å². The average Bonchev–Trinajstić information content (AvgIpc) is 3.05. The molecule has 0 bridgehead atoms. The second-order valence-electron chi connectivity index (χ2n) is 4.59. The first-order valence-electron chi connectivity index (χ1n) is 6.22. The predicted molar refractivity (Wildman–Crippen MR) is 71.8 cm³/mol. The number of benzene rings is 1. The van der Waals surface area contributed by atoms with Crippen LogP contribution < -0.4 is 5.73 Å². The highest BCUT2D eigenvalue weighted by Gasteiger charge is 2.19. The summed E-state index contributed by atoms with van der Waals surface area (Å²) in [5, 5.41) is 4.45. The van der Waals surface area contributed by atoms with Gasteiger partial charge in [-0.3, -0.25) is 0 Å². The maximum atomic E-state index is 5.97. The first kappa shape index (κ1) is 12.4. The van der Waals surface area contributed by atoms with Crippen LogP contribution in [-0.4, -0.2) is 22.9 Å². The van der Waals surface area contributed by atoms with Gasteiger partial charge in [0, 0.05) is 18.6 Å². The molecule has 2 heterocycles. The number of nitrogens with zero attached hydrogens (tertiary/aromatic N) is 2. The van der Waals surface area contributed by atoms with Gasteiger partial charge in [-0.05, 0) is 31.0 Å². The lowest BCUT2D eigenvalue weighted by Crippen LogP contribution is -2.09. The van der Waals surface area contributed by atoms with Crippen LogP contribution in [0.25, 0.3) is 11.5 Å². The summed E-state index contributed by atoms with van der Waals surface area (Å²) in [6.45, 7) is 0.822. The van der Waals surface area contributed by atoms with E-state index in [9.17, 15) is 0 Å². The maximum Gasteiger partial charge on any atom is 0.257 e. The van der Waals surface area contributed by atoms with Gasteiger partial charge >= 0.3 is 0 Å². The highest BCUT2D eigenvalue weighted by Crippen LogP contribution is 2.26. The fraction of sp³-hybridized carbons (Fsp3) is 0.385. The lowest BCUT2D eigenvalue weighted by atomic mass is 10.2. The largest absolute Gasteiger partial charge is 0.398 e. The standard InChI is InChI=1S/C13H14ClN3O2/c14-10-6-8(3-4-11(10)15)13-16-12(17-19-13)7-9-2-1-5-18-9/h3-4,6,9H,1-2,5,7,15H2. The lowest BCUT2D eigenvalue weighted by molar-refractivity contribution is 0.109. The maximum absolute atomic E-state index is 5.97. The quantitative estimate of drug-likeness (QED) is 0.875. The number of nitrogen functional groups attached to an aromatic ring is 1. The van der Waals surface area contributed by atoms with Gasteiger partial charge in [0.25, 0.3) is 5.89 Å². The Morgan fingerprint density at radius 3 is 3.05 bits per heavy atom. The minimum Gasteiger partial charge on any atom is -0.398 e. The molecule has 0 aliphatic carbocycles. The Kier molecular flexibility index (Phi) is 3.40. The smallest absolute Gasteiger partial charge is 0.257 e. The van der Waals surface area contributed by atoms with E-state index in [-0.39, 0.29) is 6.10 Å². The molecule has 1 atom stereocenters. The number of rotatable bonds is 3. The first-order valence-corrected chi connectivity index (χ1v) is 6.60. The summed E-state index contributed by atoms with van der Waals surface area (Å²) >= 11 is 5.97. The van der Waals surface area contributed by atoms with Crippen molar-refractivity contribution >= 4 is 17.3 Å². The zero-order valence-electron chi connectivity index (χ0n) is 10.3. The number of nitrogens with two attached hydrogens (primary N) is 1. The van der Waals surface area contributed by atoms with Crippen LogP contribution in [0.1, 0.15) is 18.7 Å². The molecule has 19 heavy (non-hydrogen) atoms. The fourth-order valence-corrected chi connectivity index (χ4v) is 2.30. The van der Waals surface area contributed by atoms with Crippen molar-refractivity contribution in [1.29, 1.82) is 0 Å². The van der Waals surface area contributed by atoms with Gasteiger partial charge < -0.3 is 15.0 Å². The fourth-order valence-electron chi connectivity index (χ4n) is 2.12. The normalized spacial score (nSPS) is 18.9. The van der Waals surface area contributed by atoms with Crippen LogP contribution in [-0.2, 0) is 11.2 Å². The minimum atomic E-state index is 0.209. The molecule has 5 nitrogen and oxygen atoms in total. The highest BCUT2D eigenvalue weighted by atomic mass is 35.5. The summed E-state index contributed by atoms with van der Waals surface area (Å²) in [6, 6.07) is 5.26. The van der Waals surface area contributed by atoms with Gasteiger partial charge in [0.2, 0.25) is 0 Å². The van der Waals surface area contributed by atoms with E-state index >= 15 is 0 Å². The summed E-state index contributed by atoms with van der Waals surface area (Å²) < 4.78 is 10.8. The molecular weight excluding hydrogens is 266 g/mol. The molecule has 0 spiro atoms. The van der Waals surface area contributed by atoms with Gasteiger partial charge in [-0.25, -0.2) is 0 Å². The van der Waals surface area contributed by atoms with Crippen molar-refractivity contribution in [3.05, 3.63) is 29.0 Å². The third-order valence-corrected chi connectivity index (χ3v) is 3.48. The molecule has 1 aliphatic rings. The van der Waals surface area contributed by atoms with Gasteiger partial charge in [-0.2, -0.15) is 4.98 Å². The average molecular weight is 280 g/mol. The highest BCUT2D eigenvalue weighted by molar-refractivity contribution is 6.33. The van der Waals surface area contributed by atoms with Gasteiger partial charge in [0.15, 0.2) is 5.82 Å². The molecule has 0 radical (unpaired) electrons. The number of aromatic nitrogens is 2. The molecule has 2 N–H and O–H groups in total. The Labute approximate surface area is 115 Å². The van der Waals surface area contributed by atoms with Crippen molar-refractivity contribution in [2.24, 2.45) is 0 Å². The van der Waals surface area contributed by atoms with Crippen molar-refractivity contribution < 1.29 is 9.26 Å². The molecule has 0 amide bonds. The zero-order chi connectivity index (χ0) is 13.2. The van der Waals surface area contributed by atoms with Crippen LogP contribution in [0.2, 0.25) is 5.02 Å². The number of hydrogen-bond donors (Lipinski definition) is 1. The molecule has 0 saturated carbocycles. The van der Waals surface area contributed by atoms with Crippen LogP contribution >= 0.6 is 11.6 Å². The Bertz CT molecular complexity index is 579. The van der Waals surface area contributed by atoms with E-state index in [0.717, 1.165) is 25.0 Å².